The summed E-state index contributed by atoms with van der Waals surface area (Å²) >= 11 is 0. The third-order valence-corrected chi connectivity index (χ3v) is 2.87. The fourth-order valence-corrected chi connectivity index (χ4v) is 1.89. The second-order valence-electron chi connectivity index (χ2n) is 4.25. The molecule has 0 saturated carbocycles. The number of hydrogen-bond acceptors (Lipinski definition) is 2. The van der Waals surface area contributed by atoms with E-state index in [9.17, 15) is 4.79 Å². The van der Waals surface area contributed by atoms with Crippen molar-refractivity contribution in [3.05, 3.63) is 66.2 Å². The van der Waals surface area contributed by atoms with Gasteiger partial charge in [-0.2, -0.15) is 10.1 Å². The Hall–Kier alpha value is -2.62. The van der Waals surface area contributed by atoms with Gasteiger partial charge in [0.15, 0.2) is 0 Å². The highest BCUT2D eigenvalue weighted by molar-refractivity contribution is 6.03. The van der Waals surface area contributed by atoms with E-state index in [1.54, 1.807) is 12.1 Å². The average molecular weight is 267 g/mol. The first kappa shape index (κ1) is 13.8. The predicted molar refractivity (Wildman–Crippen MR) is 81.8 cm³/mol. The number of benzene rings is 2. The highest BCUT2D eigenvalue weighted by Gasteiger charge is 2.12. The van der Waals surface area contributed by atoms with E-state index in [1.165, 1.54) is 5.01 Å². The zero-order valence-electron chi connectivity index (χ0n) is 11.4. The molecule has 20 heavy (non-hydrogen) atoms. The Morgan fingerprint density at radius 2 is 1.60 bits per heavy atom. The van der Waals surface area contributed by atoms with Gasteiger partial charge in [-0.25, -0.2) is 4.79 Å². The average Bonchev–Trinajstić information content (AvgIpc) is 2.50. The second-order valence-corrected chi connectivity index (χ2v) is 4.25. The van der Waals surface area contributed by atoms with Crippen molar-refractivity contribution in [1.29, 1.82) is 0 Å². The number of rotatable bonds is 4. The van der Waals surface area contributed by atoms with Gasteiger partial charge in [0.25, 0.3) is 0 Å². The molecule has 0 bridgehead atoms. The Morgan fingerprint density at radius 3 is 2.10 bits per heavy atom. The summed E-state index contributed by atoms with van der Waals surface area (Å²) in [6.07, 6.45) is 0.709. The highest BCUT2D eigenvalue weighted by Crippen LogP contribution is 2.15. The number of hydrazone groups is 1. The number of nitrogens with zero attached hydrogens (tertiary/aromatic N) is 2. The number of primary amides is 1. The Morgan fingerprint density at radius 1 is 1.05 bits per heavy atom. The van der Waals surface area contributed by atoms with Gasteiger partial charge in [0.1, 0.15) is 0 Å². The summed E-state index contributed by atoms with van der Waals surface area (Å²) in [7, 11) is 0. The van der Waals surface area contributed by atoms with Crippen LogP contribution >= 0.6 is 0 Å². The minimum Gasteiger partial charge on any atom is -0.350 e. The van der Waals surface area contributed by atoms with Crippen LogP contribution in [0.3, 0.4) is 0 Å². The maximum Gasteiger partial charge on any atom is 0.340 e. The van der Waals surface area contributed by atoms with Crippen LogP contribution in [0, 0.1) is 0 Å². The SMILES string of the molecule is CCC(=NN(C(N)=O)c1ccccc1)c1ccccc1. The Labute approximate surface area is 118 Å². The quantitative estimate of drug-likeness (QED) is 0.670. The first-order chi connectivity index (χ1) is 9.72. The lowest BCUT2D eigenvalue weighted by atomic mass is 10.1. The van der Waals surface area contributed by atoms with Crippen molar-refractivity contribution in [2.45, 2.75) is 13.3 Å². The van der Waals surface area contributed by atoms with Crippen molar-refractivity contribution in [2.24, 2.45) is 10.8 Å². The maximum absolute atomic E-state index is 11.6. The van der Waals surface area contributed by atoms with Crippen LogP contribution in [-0.4, -0.2) is 11.7 Å². The first-order valence-electron chi connectivity index (χ1n) is 6.50. The van der Waals surface area contributed by atoms with Crippen LogP contribution in [0.15, 0.2) is 65.8 Å². The van der Waals surface area contributed by atoms with Gasteiger partial charge < -0.3 is 5.73 Å². The molecule has 2 aromatic carbocycles. The monoisotopic (exact) mass is 267 g/mol. The molecular weight excluding hydrogens is 250 g/mol. The summed E-state index contributed by atoms with van der Waals surface area (Å²) < 4.78 is 0. The van der Waals surface area contributed by atoms with Gasteiger partial charge in [0, 0.05) is 0 Å². The van der Waals surface area contributed by atoms with E-state index in [1.807, 2.05) is 55.5 Å². The molecule has 0 aliphatic rings. The lowest BCUT2D eigenvalue weighted by Gasteiger charge is -2.16. The van der Waals surface area contributed by atoms with E-state index in [0.717, 1.165) is 11.3 Å². The fraction of sp³-hybridized carbons (Fsp3) is 0.125. The van der Waals surface area contributed by atoms with Crippen LogP contribution in [-0.2, 0) is 0 Å². The normalized spacial score (nSPS) is 11.2. The number of anilines is 1. The number of para-hydroxylation sites is 1. The summed E-state index contributed by atoms with van der Waals surface area (Å²) in [5, 5.41) is 5.64. The largest absolute Gasteiger partial charge is 0.350 e. The van der Waals surface area contributed by atoms with Crippen molar-refractivity contribution in [2.75, 3.05) is 5.01 Å². The van der Waals surface area contributed by atoms with Crippen molar-refractivity contribution in [3.8, 4) is 0 Å². The molecular formula is C16H17N3O. The van der Waals surface area contributed by atoms with Crippen LogP contribution in [0.2, 0.25) is 0 Å². The molecule has 0 spiro atoms. The fourth-order valence-electron chi connectivity index (χ4n) is 1.89. The van der Waals surface area contributed by atoms with Gasteiger partial charge in [-0.05, 0) is 24.1 Å². The molecule has 4 heteroatoms. The zero-order chi connectivity index (χ0) is 14.4. The van der Waals surface area contributed by atoms with Crippen molar-refractivity contribution < 1.29 is 4.79 Å². The molecule has 0 aromatic heterocycles. The predicted octanol–water partition coefficient (Wildman–Crippen LogP) is 3.39. The van der Waals surface area contributed by atoms with Crippen LogP contribution in [0.5, 0.6) is 0 Å². The van der Waals surface area contributed by atoms with Gasteiger partial charge >= 0.3 is 6.03 Å². The molecule has 0 heterocycles. The first-order valence-corrected chi connectivity index (χ1v) is 6.50. The third kappa shape index (κ3) is 3.23. The van der Waals surface area contributed by atoms with E-state index < -0.39 is 6.03 Å². The lowest BCUT2D eigenvalue weighted by molar-refractivity contribution is 0.254. The molecule has 0 aliphatic heterocycles. The second kappa shape index (κ2) is 6.52. The number of nitrogens with two attached hydrogens (primary N) is 1. The van der Waals surface area contributed by atoms with Crippen LogP contribution in [0.4, 0.5) is 10.5 Å². The molecule has 0 saturated heterocycles. The van der Waals surface area contributed by atoms with E-state index in [-0.39, 0.29) is 0 Å². The van der Waals surface area contributed by atoms with Crippen LogP contribution in [0.25, 0.3) is 0 Å². The number of amides is 2. The molecule has 0 atom stereocenters. The van der Waals surface area contributed by atoms with E-state index >= 15 is 0 Å². The van der Waals surface area contributed by atoms with E-state index in [2.05, 4.69) is 5.10 Å². The van der Waals surface area contributed by atoms with Gasteiger partial charge in [-0.15, -0.1) is 0 Å². The molecule has 2 aromatic rings. The van der Waals surface area contributed by atoms with Crippen LogP contribution in [0.1, 0.15) is 18.9 Å². The molecule has 102 valence electrons. The molecule has 2 N–H and O–H groups in total. The summed E-state index contributed by atoms with van der Waals surface area (Å²) in [6.45, 7) is 2.00. The summed E-state index contributed by atoms with van der Waals surface area (Å²) in [4.78, 5) is 11.6. The minimum absolute atomic E-state index is 0.599. The number of urea groups is 1. The molecule has 0 unspecified atom stereocenters. The summed E-state index contributed by atoms with van der Waals surface area (Å²) in [5.74, 6) is 0. The smallest absolute Gasteiger partial charge is 0.340 e. The number of carbonyl (C=O) groups is 1. The Bertz CT molecular complexity index is 594. The van der Waals surface area contributed by atoms with E-state index in [4.69, 9.17) is 5.73 Å². The minimum atomic E-state index is -0.599. The number of hydrogen-bond donors (Lipinski definition) is 1. The standard InChI is InChI=1S/C16H17N3O/c1-2-15(13-9-5-3-6-10-13)18-19(16(17)20)14-11-7-4-8-12-14/h3-12H,2H2,1H3,(H2,17,20). The van der Waals surface area contributed by atoms with Gasteiger partial charge in [-0.1, -0.05) is 55.5 Å². The Balaban J connectivity index is 2.40. The third-order valence-electron chi connectivity index (χ3n) is 2.87. The zero-order valence-corrected chi connectivity index (χ0v) is 11.4. The van der Waals surface area contributed by atoms with Crippen molar-refractivity contribution >= 4 is 17.4 Å². The maximum atomic E-state index is 11.6. The van der Waals surface area contributed by atoms with E-state index in [0.29, 0.717) is 12.1 Å². The molecule has 2 rings (SSSR count). The topological polar surface area (TPSA) is 58.7 Å². The van der Waals surface area contributed by atoms with Crippen molar-refractivity contribution in [3.63, 3.8) is 0 Å². The van der Waals surface area contributed by atoms with Gasteiger partial charge in [0.2, 0.25) is 0 Å². The highest BCUT2D eigenvalue weighted by atomic mass is 16.2. The van der Waals surface area contributed by atoms with Gasteiger partial charge in [0.05, 0.1) is 11.4 Å². The summed E-state index contributed by atoms with van der Waals surface area (Å²) in [5.41, 5.74) is 7.88. The Kier molecular flexibility index (Phi) is 4.50. The van der Waals surface area contributed by atoms with Gasteiger partial charge in [-0.3, -0.25) is 0 Å². The molecule has 2 amide bonds. The summed E-state index contributed by atoms with van der Waals surface area (Å²) in [6, 6.07) is 18.3. The molecule has 0 aliphatic carbocycles. The molecule has 0 radical (unpaired) electrons. The van der Waals surface area contributed by atoms with Crippen LogP contribution < -0.4 is 10.7 Å². The van der Waals surface area contributed by atoms with Crippen molar-refractivity contribution in [1.82, 2.24) is 0 Å². The molecule has 0 fully saturated rings. The number of carbonyl (C=O) groups excluding carboxylic acids is 1. The molecule has 4 nitrogen and oxygen atoms in total. The lowest BCUT2D eigenvalue weighted by Crippen LogP contribution is -2.32.